The summed E-state index contributed by atoms with van der Waals surface area (Å²) in [6.45, 7) is 0.844. The number of anilines is 1. The van der Waals surface area contributed by atoms with Gasteiger partial charge in [0.2, 0.25) is 0 Å². The molecule has 0 saturated heterocycles. The summed E-state index contributed by atoms with van der Waals surface area (Å²) >= 11 is 3.23. The third-order valence-corrected chi connectivity index (χ3v) is 4.13. The van der Waals surface area contributed by atoms with Gasteiger partial charge in [-0.3, -0.25) is 14.4 Å². The zero-order valence-electron chi connectivity index (χ0n) is 15.0. The molecule has 0 saturated carbocycles. The number of nitrogens with one attached hydrogen (secondary N) is 2. The number of carbonyl (C=O) groups excluding carboxylic acids is 3. The third kappa shape index (κ3) is 6.90. The quantitative estimate of drug-likeness (QED) is 0.626. The van der Waals surface area contributed by atoms with E-state index in [1.165, 1.54) is 6.92 Å². The van der Waals surface area contributed by atoms with Crippen molar-refractivity contribution in [2.45, 2.75) is 19.2 Å². The molecule has 0 aromatic heterocycles. The van der Waals surface area contributed by atoms with E-state index in [9.17, 15) is 27.6 Å². The van der Waals surface area contributed by atoms with Crippen LogP contribution < -0.4 is 10.6 Å². The Balaban J connectivity index is 1.82. The fourth-order valence-corrected chi connectivity index (χ4v) is 2.56. The van der Waals surface area contributed by atoms with Crippen molar-refractivity contribution in [3.8, 4) is 0 Å². The Labute approximate surface area is 172 Å². The molecular weight excluding hydrogens is 457 g/mol. The van der Waals surface area contributed by atoms with E-state index in [4.69, 9.17) is 4.74 Å². The molecule has 0 spiro atoms. The van der Waals surface area contributed by atoms with E-state index in [0.29, 0.717) is 10.0 Å². The summed E-state index contributed by atoms with van der Waals surface area (Å²) in [5.41, 5.74) is -0.398. The van der Waals surface area contributed by atoms with Gasteiger partial charge in [-0.2, -0.15) is 13.2 Å². The summed E-state index contributed by atoms with van der Waals surface area (Å²) in [6, 6.07) is 10.4. The van der Waals surface area contributed by atoms with E-state index in [-0.39, 0.29) is 5.69 Å². The summed E-state index contributed by atoms with van der Waals surface area (Å²) in [5.74, 6) is -2.06. The predicted octanol–water partition coefficient (Wildman–Crippen LogP) is 3.77. The summed E-state index contributed by atoms with van der Waals surface area (Å²) in [4.78, 5) is 35.8. The monoisotopic (exact) mass is 472 g/mol. The molecule has 0 aliphatic carbocycles. The highest BCUT2D eigenvalue weighted by molar-refractivity contribution is 9.10. The van der Waals surface area contributed by atoms with E-state index in [0.717, 1.165) is 24.3 Å². The van der Waals surface area contributed by atoms with Crippen LogP contribution in [0.5, 0.6) is 0 Å². The lowest BCUT2D eigenvalue weighted by Gasteiger charge is -2.14. The Morgan fingerprint density at radius 3 is 2.34 bits per heavy atom. The molecule has 29 heavy (non-hydrogen) atoms. The van der Waals surface area contributed by atoms with Crippen LogP contribution in [0.2, 0.25) is 0 Å². The van der Waals surface area contributed by atoms with Gasteiger partial charge >= 0.3 is 12.1 Å². The van der Waals surface area contributed by atoms with Gasteiger partial charge < -0.3 is 15.4 Å². The lowest BCUT2D eigenvalue weighted by Crippen LogP contribution is -2.35. The Bertz CT molecular complexity index is 901. The lowest BCUT2D eigenvalue weighted by molar-refractivity contribution is -0.152. The normalized spacial score (nSPS) is 12.0. The second kappa shape index (κ2) is 9.55. The van der Waals surface area contributed by atoms with Gasteiger partial charge in [-0.15, -0.1) is 0 Å². The molecule has 2 aromatic carbocycles. The molecule has 10 heteroatoms. The second-order valence-electron chi connectivity index (χ2n) is 5.89. The molecular formula is C19H16BrF3N2O4. The van der Waals surface area contributed by atoms with Gasteiger partial charge in [0, 0.05) is 15.7 Å². The van der Waals surface area contributed by atoms with Crippen LogP contribution in [0.15, 0.2) is 53.0 Å². The second-order valence-corrected chi connectivity index (χ2v) is 6.81. The molecule has 1 unspecified atom stereocenters. The molecule has 2 N–H and O–H groups in total. The van der Waals surface area contributed by atoms with Crippen molar-refractivity contribution >= 4 is 39.4 Å². The van der Waals surface area contributed by atoms with Crippen molar-refractivity contribution in [2.75, 3.05) is 11.9 Å². The SMILES string of the molecule is CC(OC(=O)CNC(=O)c1cccc(Br)c1)C(=O)Nc1ccc(C(F)(F)F)cc1. The number of halogens is 4. The maximum atomic E-state index is 12.5. The van der Waals surface area contributed by atoms with Crippen LogP contribution in [-0.4, -0.2) is 30.4 Å². The van der Waals surface area contributed by atoms with E-state index in [1.807, 2.05) is 0 Å². The Morgan fingerprint density at radius 1 is 1.10 bits per heavy atom. The van der Waals surface area contributed by atoms with Gasteiger partial charge in [-0.05, 0) is 49.4 Å². The van der Waals surface area contributed by atoms with Crippen molar-refractivity contribution in [3.63, 3.8) is 0 Å². The van der Waals surface area contributed by atoms with Gasteiger partial charge in [0.05, 0.1) is 5.56 Å². The molecule has 0 radical (unpaired) electrons. The van der Waals surface area contributed by atoms with Crippen LogP contribution in [0.3, 0.4) is 0 Å². The number of amides is 2. The summed E-state index contributed by atoms with van der Waals surface area (Å²) in [6.07, 6.45) is -5.70. The van der Waals surface area contributed by atoms with Gasteiger partial charge in [0.15, 0.2) is 6.10 Å². The maximum absolute atomic E-state index is 12.5. The van der Waals surface area contributed by atoms with Crippen molar-refractivity contribution in [1.29, 1.82) is 0 Å². The van der Waals surface area contributed by atoms with Gasteiger partial charge in [-0.1, -0.05) is 22.0 Å². The Morgan fingerprint density at radius 2 is 1.76 bits per heavy atom. The molecule has 0 bridgehead atoms. The number of hydrogen-bond acceptors (Lipinski definition) is 4. The van der Waals surface area contributed by atoms with Gasteiger partial charge in [0.25, 0.3) is 11.8 Å². The first-order valence-electron chi connectivity index (χ1n) is 8.27. The minimum Gasteiger partial charge on any atom is -0.451 e. The fraction of sp³-hybridized carbons (Fsp3) is 0.211. The van der Waals surface area contributed by atoms with E-state index in [1.54, 1.807) is 24.3 Å². The zero-order valence-corrected chi connectivity index (χ0v) is 16.6. The highest BCUT2D eigenvalue weighted by Gasteiger charge is 2.30. The van der Waals surface area contributed by atoms with Crippen LogP contribution in [-0.2, 0) is 20.5 Å². The molecule has 154 valence electrons. The smallest absolute Gasteiger partial charge is 0.416 e. The number of hydrogen-bond donors (Lipinski definition) is 2. The number of esters is 1. The topological polar surface area (TPSA) is 84.5 Å². The number of carbonyl (C=O) groups is 3. The highest BCUT2D eigenvalue weighted by Crippen LogP contribution is 2.29. The largest absolute Gasteiger partial charge is 0.451 e. The molecule has 2 rings (SSSR count). The Kier molecular flexibility index (Phi) is 7.38. The fourth-order valence-electron chi connectivity index (χ4n) is 2.16. The molecule has 2 amide bonds. The molecule has 1 atom stereocenters. The average Bonchev–Trinajstić information content (AvgIpc) is 2.65. The lowest BCUT2D eigenvalue weighted by atomic mass is 10.2. The summed E-state index contributed by atoms with van der Waals surface area (Å²) in [7, 11) is 0. The predicted molar refractivity (Wildman–Crippen MR) is 102 cm³/mol. The zero-order chi connectivity index (χ0) is 21.6. The summed E-state index contributed by atoms with van der Waals surface area (Å²) < 4.78 is 43.2. The molecule has 0 aliphatic rings. The van der Waals surface area contributed by atoms with Crippen LogP contribution in [0.1, 0.15) is 22.8 Å². The number of alkyl halides is 3. The number of ether oxygens (including phenoxy) is 1. The third-order valence-electron chi connectivity index (χ3n) is 3.64. The Hall–Kier alpha value is -2.88. The van der Waals surface area contributed by atoms with Crippen LogP contribution >= 0.6 is 15.9 Å². The first-order valence-corrected chi connectivity index (χ1v) is 9.07. The molecule has 0 heterocycles. The van der Waals surface area contributed by atoms with Gasteiger partial charge in [-0.25, -0.2) is 0 Å². The maximum Gasteiger partial charge on any atom is 0.416 e. The van der Waals surface area contributed by atoms with Crippen LogP contribution in [0, 0.1) is 0 Å². The highest BCUT2D eigenvalue weighted by atomic mass is 79.9. The molecule has 2 aromatic rings. The van der Waals surface area contributed by atoms with Crippen molar-refractivity contribution in [1.82, 2.24) is 5.32 Å². The summed E-state index contributed by atoms with van der Waals surface area (Å²) in [5, 5.41) is 4.71. The average molecular weight is 473 g/mol. The van der Waals surface area contributed by atoms with Crippen molar-refractivity contribution in [2.24, 2.45) is 0 Å². The first-order chi connectivity index (χ1) is 13.6. The first kappa shape index (κ1) is 22.4. The number of benzene rings is 2. The van der Waals surface area contributed by atoms with Crippen LogP contribution in [0.25, 0.3) is 0 Å². The van der Waals surface area contributed by atoms with E-state index >= 15 is 0 Å². The van der Waals surface area contributed by atoms with Crippen molar-refractivity contribution in [3.05, 3.63) is 64.1 Å². The van der Waals surface area contributed by atoms with E-state index in [2.05, 4.69) is 26.6 Å². The minimum atomic E-state index is -4.48. The molecule has 0 aliphatic heterocycles. The van der Waals surface area contributed by atoms with Crippen LogP contribution in [0.4, 0.5) is 18.9 Å². The van der Waals surface area contributed by atoms with Gasteiger partial charge in [0.1, 0.15) is 6.54 Å². The molecule has 0 fully saturated rings. The standard InChI is InChI=1S/C19H16BrF3N2O4/c1-11(17(27)25-15-7-5-13(6-8-15)19(21,22)23)29-16(26)10-24-18(28)12-3-2-4-14(20)9-12/h2-9,11H,10H2,1H3,(H,24,28)(H,25,27). The number of rotatable bonds is 6. The van der Waals surface area contributed by atoms with E-state index < -0.39 is 42.2 Å². The molecule has 6 nitrogen and oxygen atoms in total. The van der Waals surface area contributed by atoms with Crippen molar-refractivity contribution < 1.29 is 32.3 Å². The minimum absolute atomic E-state index is 0.119.